The van der Waals surface area contributed by atoms with Crippen LogP contribution in [0.2, 0.25) is 0 Å². The molecule has 0 unspecified atom stereocenters. The van der Waals surface area contributed by atoms with E-state index in [1.54, 1.807) is 34.7 Å². The zero-order chi connectivity index (χ0) is 14.3. The molecule has 102 valence electrons. The van der Waals surface area contributed by atoms with Crippen LogP contribution in [0, 0.1) is 5.82 Å². The first-order valence-electron chi connectivity index (χ1n) is 6.13. The van der Waals surface area contributed by atoms with E-state index in [9.17, 15) is 4.39 Å². The van der Waals surface area contributed by atoms with Crippen molar-refractivity contribution >= 4 is 5.82 Å². The Bertz CT molecular complexity index is 754. The van der Waals surface area contributed by atoms with Crippen LogP contribution in [0.4, 0.5) is 10.2 Å². The van der Waals surface area contributed by atoms with Gasteiger partial charge in [-0.05, 0) is 17.7 Å². The summed E-state index contributed by atoms with van der Waals surface area (Å²) in [5.41, 5.74) is 9.33. The molecule has 3 rings (SSSR count). The maximum absolute atomic E-state index is 13.1. The van der Waals surface area contributed by atoms with Gasteiger partial charge >= 0.3 is 0 Å². The van der Waals surface area contributed by atoms with Crippen LogP contribution < -0.4 is 5.73 Å². The van der Waals surface area contributed by atoms with E-state index >= 15 is 0 Å². The Hall–Kier alpha value is -2.63. The number of nitrogens with zero attached hydrogens (tertiary/aromatic N) is 4. The average Bonchev–Trinajstić information content (AvgIpc) is 2.97. The minimum absolute atomic E-state index is 0.279. The number of aromatic nitrogens is 4. The highest BCUT2D eigenvalue weighted by Gasteiger charge is 2.18. The van der Waals surface area contributed by atoms with E-state index in [1.807, 2.05) is 13.2 Å². The summed E-state index contributed by atoms with van der Waals surface area (Å²) in [5, 5.41) is 8.58. The topological polar surface area (TPSA) is 61.7 Å². The Kier molecular flexibility index (Phi) is 2.78. The van der Waals surface area contributed by atoms with Crippen molar-refractivity contribution in [2.45, 2.75) is 0 Å². The molecule has 0 amide bonds. The van der Waals surface area contributed by atoms with Gasteiger partial charge in [0, 0.05) is 25.9 Å². The third kappa shape index (κ3) is 1.95. The number of halogens is 1. The number of benzene rings is 1. The van der Waals surface area contributed by atoms with Crippen molar-refractivity contribution in [3.63, 3.8) is 0 Å². The SMILES string of the molecule is Cn1cc(-c2nn(C)c(N)c2-c2ccc(F)cc2)cn1. The van der Waals surface area contributed by atoms with Gasteiger partial charge in [-0.2, -0.15) is 10.2 Å². The summed E-state index contributed by atoms with van der Waals surface area (Å²) in [6.07, 6.45) is 3.60. The minimum atomic E-state index is -0.279. The van der Waals surface area contributed by atoms with Gasteiger partial charge < -0.3 is 5.73 Å². The molecule has 0 aliphatic carbocycles. The number of hydrogen-bond acceptors (Lipinski definition) is 3. The molecule has 1 aromatic carbocycles. The molecule has 0 atom stereocenters. The van der Waals surface area contributed by atoms with Crippen molar-refractivity contribution in [1.82, 2.24) is 19.6 Å². The second-order valence-electron chi connectivity index (χ2n) is 4.64. The molecule has 2 N–H and O–H groups in total. The molecule has 0 fully saturated rings. The molecular weight excluding hydrogens is 257 g/mol. The lowest BCUT2D eigenvalue weighted by atomic mass is 10.0. The second kappa shape index (κ2) is 4.48. The quantitative estimate of drug-likeness (QED) is 0.777. The molecule has 2 heterocycles. The number of anilines is 1. The predicted molar refractivity (Wildman–Crippen MR) is 75.2 cm³/mol. The van der Waals surface area contributed by atoms with Gasteiger partial charge in [0.05, 0.1) is 11.8 Å². The molecule has 0 saturated heterocycles. The van der Waals surface area contributed by atoms with Crippen LogP contribution in [-0.4, -0.2) is 19.6 Å². The summed E-state index contributed by atoms with van der Waals surface area (Å²) >= 11 is 0. The zero-order valence-corrected chi connectivity index (χ0v) is 11.2. The number of hydrogen-bond donors (Lipinski definition) is 1. The molecule has 2 aromatic heterocycles. The number of aryl methyl sites for hydroxylation is 2. The van der Waals surface area contributed by atoms with Crippen LogP contribution in [-0.2, 0) is 14.1 Å². The molecule has 3 aromatic rings. The van der Waals surface area contributed by atoms with Gasteiger partial charge in [0.15, 0.2) is 0 Å². The second-order valence-corrected chi connectivity index (χ2v) is 4.64. The van der Waals surface area contributed by atoms with Crippen molar-refractivity contribution in [3.8, 4) is 22.4 Å². The fourth-order valence-corrected chi connectivity index (χ4v) is 2.18. The van der Waals surface area contributed by atoms with Crippen molar-refractivity contribution < 1.29 is 4.39 Å². The van der Waals surface area contributed by atoms with Crippen LogP contribution in [0.15, 0.2) is 36.7 Å². The van der Waals surface area contributed by atoms with Gasteiger partial charge in [-0.25, -0.2) is 4.39 Å². The minimum Gasteiger partial charge on any atom is -0.383 e. The van der Waals surface area contributed by atoms with E-state index in [-0.39, 0.29) is 5.82 Å². The van der Waals surface area contributed by atoms with Crippen LogP contribution >= 0.6 is 0 Å². The van der Waals surface area contributed by atoms with Gasteiger partial charge in [0.1, 0.15) is 17.3 Å². The largest absolute Gasteiger partial charge is 0.383 e. The lowest BCUT2D eigenvalue weighted by Crippen LogP contribution is -1.97. The maximum Gasteiger partial charge on any atom is 0.129 e. The van der Waals surface area contributed by atoms with E-state index in [1.165, 1.54) is 12.1 Å². The standard InChI is InChI=1S/C14H14FN5/c1-19-8-10(7-17-19)13-12(14(16)20(2)18-13)9-3-5-11(15)6-4-9/h3-8H,16H2,1-2H3. The van der Waals surface area contributed by atoms with Crippen LogP contribution in [0.3, 0.4) is 0 Å². The molecular formula is C14H14FN5. The normalized spacial score (nSPS) is 10.9. The molecule has 5 nitrogen and oxygen atoms in total. The van der Waals surface area contributed by atoms with E-state index in [0.717, 1.165) is 22.4 Å². The van der Waals surface area contributed by atoms with Gasteiger partial charge in [0.2, 0.25) is 0 Å². The Morgan fingerprint density at radius 2 is 1.80 bits per heavy atom. The fourth-order valence-electron chi connectivity index (χ4n) is 2.18. The van der Waals surface area contributed by atoms with E-state index in [2.05, 4.69) is 10.2 Å². The number of nitrogen functional groups attached to an aromatic ring is 1. The van der Waals surface area contributed by atoms with Crippen LogP contribution in [0.5, 0.6) is 0 Å². The highest BCUT2D eigenvalue weighted by atomic mass is 19.1. The van der Waals surface area contributed by atoms with Crippen molar-refractivity contribution in [1.29, 1.82) is 0 Å². The molecule has 0 saturated carbocycles. The molecule has 0 aliphatic rings. The Morgan fingerprint density at radius 1 is 1.10 bits per heavy atom. The average molecular weight is 271 g/mol. The van der Waals surface area contributed by atoms with Crippen molar-refractivity contribution in [2.75, 3.05) is 5.73 Å². The van der Waals surface area contributed by atoms with Gasteiger partial charge in [-0.15, -0.1) is 0 Å². The van der Waals surface area contributed by atoms with E-state index < -0.39 is 0 Å². The Balaban J connectivity index is 2.21. The number of rotatable bonds is 2. The first-order chi connectivity index (χ1) is 9.56. The summed E-state index contributed by atoms with van der Waals surface area (Å²) < 4.78 is 16.4. The molecule has 0 bridgehead atoms. The fraction of sp³-hybridized carbons (Fsp3) is 0.143. The van der Waals surface area contributed by atoms with Gasteiger partial charge in [-0.3, -0.25) is 9.36 Å². The van der Waals surface area contributed by atoms with Crippen LogP contribution in [0.1, 0.15) is 0 Å². The molecule has 6 heteroatoms. The third-order valence-electron chi connectivity index (χ3n) is 3.20. The summed E-state index contributed by atoms with van der Waals surface area (Å²) in [6, 6.07) is 6.22. The Morgan fingerprint density at radius 3 is 2.40 bits per heavy atom. The highest BCUT2D eigenvalue weighted by molar-refractivity contribution is 5.87. The molecule has 0 radical (unpaired) electrons. The predicted octanol–water partition coefficient (Wildman–Crippen LogP) is 2.21. The van der Waals surface area contributed by atoms with Crippen molar-refractivity contribution in [3.05, 3.63) is 42.5 Å². The van der Waals surface area contributed by atoms with E-state index in [0.29, 0.717) is 5.82 Å². The molecule has 0 spiro atoms. The van der Waals surface area contributed by atoms with Crippen LogP contribution in [0.25, 0.3) is 22.4 Å². The zero-order valence-electron chi connectivity index (χ0n) is 11.2. The Labute approximate surface area is 115 Å². The van der Waals surface area contributed by atoms with E-state index in [4.69, 9.17) is 5.73 Å². The molecule has 0 aliphatic heterocycles. The van der Waals surface area contributed by atoms with Gasteiger partial charge in [0.25, 0.3) is 0 Å². The third-order valence-corrected chi connectivity index (χ3v) is 3.20. The smallest absolute Gasteiger partial charge is 0.129 e. The molecule has 20 heavy (non-hydrogen) atoms. The summed E-state index contributed by atoms with van der Waals surface area (Å²) in [7, 11) is 3.62. The lowest BCUT2D eigenvalue weighted by Gasteiger charge is -2.03. The van der Waals surface area contributed by atoms with Gasteiger partial charge in [-0.1, -0.05) is 12.1 Å². The number of nitrogens with two attached hydrogens (primary N) is 1. The summed E-state index contributed by atoms with van der Waals surface area (Å²) in [4.78, 5) is 0. The summed E-state index contributed by atoms with van der Waals surface area (Å²) in [5.74, 6) is 0.259. The highest BCUT2D eigenvalue weighted by Crippen LogP contribution is 2.35. The summed E-state index contributed by atoms with van der Waals surface area (Å²) in [6.45, 7) is 0. The van der Waals surface area contributed by atoms with Crippen molar-refractivity contribution in [2.24, 2.45) is 14.1 Å². The lowest BCUT2D eigenvalue weighted by molar-refractivity contribution is 0.628. The maximum atomic E-state index is 13.1. The monoisotopic (exact) mass is 271 g/mol. The first-order valence-corrected chi connectivity index (χ1v) is 6.13. The first kappa shape index (κ1) is 12.4.